The van der Waals surface area contributed by atoms with Gasteiger partial charge in [0, 0.05) is 0 Å². The van der Waals surface area contributed by atoms with Gasteiger partial charge in [0.25, 0.3) is 0 Å². The summed E-state index contributed by atoms with van der Waals surface area (Å²) in [5.41, 5.74) is 4.08. The largest absolute Gasteiger partial charge is 0.424 e. The van der Waals surface area contributed by atoms with Gasteiger partial charge in [-0.25, -0.2) is 0 Å². The molecule has 3 rings (SSSR count). The quantitative estimate of drug-likeness (QED) is 0.697. The summed E-state index contributed by atoms with van der Waals surface area (Å²) < 4.78 is 11.7. The summed E-state index contributed by atoms with van der Waals surface area (Å²) in [6.45, 7) is 7.94. The molecule has 2 aromatic carbocycles. The van der Waals surface area contributed by atoms with Crippen LogP contribution in [0, 0.1) is 27.7 Å². The highest BCUT2D eigenvalue weighted by molar-refractivity contribution is 5.42. The molecule has 1 heterocycles. The lowest BCUT2D eigenvalue weighted by atomic mass is 10.1. The molecule has 1 aromatic heterocycles. The minimum Gasteiger partial charge on any atom is -0.424 e. The maximum absolute atomic E-state index is 5.84. The number of aryl methyl sites for hydroxylation is 4. The van der Waals surface area contributed by atoms with E-state index in [9.17, 15) is 0 Å². The van der Waals surface area contributed by atoms with Crippen LogP contribution in [0.5, 0.6) is 23.5 Å². The Morgan fingerprint density at radius 3 is 1.38 bits per heavy atom. The van der Waals surface area contributed by atoms with Crippen molar-refractivity contribution in [3.05, 3.63) is 65.0 Å². The zero-order valence-electron chi connectivity index (χ0n) is 14.2. The van der Waals surface area contributed by atoms with E-state index < -0.39 is 0 Å². The summed E-state index contributed by atoms with van der Waals surface area (Å²) in [7, 11) is 0. The van der Waals surface area contributed by atoms with Crippen LogP contribution in [-0.2, 0) is 0 Å². The lowest BCUT2D eigenvalue weighted by molar-refractivity contribution is 0.391. The van der Waals surface area contributed by atoms with E-state index in [0.717, 1.165) is 33.8 Å². The van der Waals surface area contributed by atoms with Crippen LogP contribution in [0.2, 0.25) is 0 Å². The van der Waals surface area contributed by atoms with Crippen molar-refractivity contribution in [3.8, 4) is 23.5 Å². The zero-order valence-corrected chi connectivity index (χ0v) is 14.2. The molecular formula is C19H19N3O2. The number of para-hydroxylation sites is 2. The van der Waals surface area contributed by atoms with E-state index in [1.165, 1.54) is 6.33 Å². The van der Waals surface area contributed by atoms with E-state index in [1.54, 1.807) is 0 Å². The molecule has 0 saturated carbocycles. The number of nitrogens with zero attached hydrogens (tertiary/aromatic N) is 3. The van der Waals surface area contributed by atoms with Crippen molar-refractivity contribution in [2.24, 2.45) is 0 Å². The first-order valence-electron chi connectivity index (χ1n) is 7.72. The van der Waals surface area contributed by atoms with Crippen molar-refractivity contribution in [1.82, 2.24) is 15.0 Å². The number of hydrogen-bond donors (Lipinski definition) is 0. The molecule has 3 aromatic rings. The highest BCUT2D eigenvalue weighted by Gasteiger charge is 2.11. The fourth-order valence-corrected chi connectivity index (χ4v) is 2.47. The van der Waals surface area contributed by atoms with Crippen molar-refractivity contribution in [2.45, 2.75) is 27.7 Å². The Morgan fingerprint density at radius 1 is 0.625 bits per heavy atom. The number of rotatable bonds is 4. The predicted molar refractivity (Wildman–Crippen MR) is 91.8 cm³/mol. The highest BCUT2D eigenvalue weighted by atomic mass is 16.5. The fraction of sp³-hybridized carbons (Fsp3) is 0.211. The number of benzene rings is 2. The standard InChI is InChI=1S/C19H19N3O2/c1-12-7-5-8-13(2)16(12)23-18-20-11-21-19(22-18)24-17-14(3)9-6-10-15(17)4/h5-11H,1-4H3. The molecule has 122 valence electrons. The second kappa shape index (κ2) is 6.66. The van der Waals surface area contributed by atoms with Crippen molar-refractivity contribution >= 4 is 0 Å². The zero-order chi connectivity index (χ0) is 17.1. The van der Waals surface area contributed by atoms with E-state index in [4.69, 9.17) is 9.47 Å². The molecule has 0 fully saturated rings. The van der Waals surface area contributed by atoms with Gasteiger partial charge < -0.3 is 9.47 Å². The average Bonchev–Trinajstić information content (AvgIpc) is 2.55. The van der Waals surface area contributed by atoms with Crippen LogP contribution in [0.25, 0.3) is 0 Å². The molecule has 0 aliphatic carbocycles. The smallest absolute Gasteiger partial charge is 0.328 e. The van der Waals surface area contributed by atoms with Crippen LogP contribution in [-0.4, -0.2) is 15.0 Å². The molecule has 5 heteroatoms. The Bertz CT molecular complexity index is 769. The van der Waals surface area contributed by atoms with Gasteiger partial charge in [0.2, 0.25) is 0 Å². The van der Waals surface area contributed by atoms with Crippen LogP contribution in [0.3, 0.4) is 0 Å². The van der Waals surface area contributed by atoms with E-state index in [1.807, 2.05) is 64.1 Å². The van der Waals surface area contributed by atoms with Gasteiger partial charge in [-0.15, -0.1) is 4.98 Å². The summed E-state index contributed by atoms with van der Waals surface area (Å²) in [5.74, 6) is 1.50. The van der Waals surface area contributed by atoms with Crippen LogP contribution in [0.4, 0.5) is 0 Å². The summed E-state index contributed by atoms with van der Waals surface area (Å²) >= 11 is 0. The second-order valence-corrected chi connectivity index (χ2v) is 5.70. The fourth-order valence-electron chi connectivity index (χ4n) is 2.47. The van der Waals surface area contributed by atoms with Gasteiger partial charge in [-0.3, -0.25) is 0 Å². The van der Waals surface area contributed by atoms with Gasteiger partial charge in [0.15, 0.2) is 0 Å². The lowest BCUT2D eigenvalue weighted by Crippen LogP contribution is -2.00. The lowest BCUT2D eigenvalue weighted by Gasteiger charge is -2.12. The summed E-state index contributed by atoms with van der Waals surface area (Å²) in [6, 6.07) is 12.3. The molecule has 0 bridgehead atoms. The first-order chi connectivity index (χ1) is 11.5. The third-order valence-electron chi connectivity index (χ3n) is 3.73. The summed E-state index contributed by atoms with van der Waals surface area (Å²) in [6.07, 6.45) is 1.39. The normalized spacial score (nSPS) is 10.5. The van der Waals surface area contributed by atoms with Crippen molar-refractivity contribution < 1.29 is 9.47 Å². The molecule has 0 aliphatic rings. The van der Waals surface area contributed by atoms with Crippen LogP contribution >= 0.6 is 0 Å². The van der Waals surface area contributed by atoms with Gasteiger partial charge in [-0.1, -0.05) is 36.4 Å². The molecule has 24 heavy (non-hydrogen) atoms. The van der Waals surface area contributed by atoms with E-state index >= 15 is 0 Å². The molecular weight excluding hydrogens is 302 g/mol. The minimum absolute atomic E-state index is 0.212. The Hall–Kier alpha value is -2.95. The molecule has 5 nitrogen and oxygen atoms in total. The Balaban J connectivity index is 1.87. The average molecular weight is 321 g/mol. The van der Waals surface area contributed by atoms with Crippen molar-refractivity contribution in [1.29, 1.82) is 0 Å². The first-order valence-corrected chi connectivity index (χ1v) is 7.72. The Morgan fingerprint density at radius 2 is 1.00 bits per heavy atom. The van der Waals surface area contributed by atoms with Crippen molar-refractivity contribution in [3.63, 3.8) is 0 Å². The molecule has 0 aliphatic heterocycles. The maximum Gasteiger partial charge on any atom is 0.328 e. The van der Waals surface area contributed by atoms with Crippen LogP contribution in [0.15, 0.2) is 42.7 Å². The topological polar surface area (TPSA) is 57.1 Å². The van der Waals surface area contributed by atoms with Gasteiger partial charge >= 0.3 is 12.0 Å². The number of aromatic nitrogens is 3. The predicted octanol–water partition coefficient (Wildman–Crippen LogP) is 4.69. The van der Waals surface area contributed by atoms with Gasteiger partial charge in [0.05, 0.1) is 0 Å². The molecule has 0 spiro atoms. The highest BCUT2D eigenvalue weighted by Crippen LogP contribution is 2.29. The van der Waals surface area contributed by atoms with E-state index in [2.05, 4.69) is 15.0 Å². The second-order valence-electron chi connectivity index (χ2n) is 5.70. The molecule has 0 amide bonds. The van der Waals surface area contributed by atoms with Gasteiger partial charge in [-0.05, 0) is 49.9 Å². The van der Waals surface area contributed by atoms with E-state index in [0.29, 0.717) is 0 Å². The molecule has 0 N–H and O–H groups in total. The van der Waals surface area contributed by atoms with Gasteiger partial charge in [-0.2, -0.15) is 9.97 Å². The molecule has 0 unspecified atom stereocenters. The maximum atomic E-state index is 5.84. The van der Waals surface area contributed by atoms with E-state index in [-0.39, 0.29) is 12.0 Å². The third kappa shape index (κ3) is 3.35. The van der Waals surface area contributed by atoms with Crippen LogP contribution in [0.1, 0.15) is 22.3 Å². The SMILES string of the molecule is Cc1cccc(C)c1Oc1ncnc(Oc2c(C)cccc2C)n1. The number of ether oxygens (including phenoxy) is 2. The van der Waals surface area contributed by atoms with Crippen molar-refractivity contribution in [2.75, 3.05) is 0 Å². The number of hydrogen-bond acceptors (Lipinski definition) is 5. The molecule has 0 atom stereocenters. The Labute approximate surface area is 141 Å². The van der Waals surface area contributed by atoms with Gasteiger partial charge in [0.1, 0.15) is 17.8 Å². The third-order valence-corrected chi connectivity index (χ3v) is 3.73. The first kappa shape index (κ1) is 15.9. The summed E-state index contributed by atoms with van der Waals surface area (Å²) in [5, 5.41) is 0. The Kier molecular flexibility index (Phi) is 4.42. The molecule has 0 radical (unpaired) electrons. The van der Waals surface area contributed by atoms with Crippen LogP contribution < -0.4 is 9.47 Å². The molecule has 0 saturated heterocycles. The summed E-state index contributed by atoms with van der Waals surface area (Å²) in [4.78, 5) is 12.4. The minimum atomic E-state index is 0.212. The monoisotopic (exact) mass is 321 g/mol.